The van der Waals surface area contributed by atoms with Crippen molar-refractivity contribution in [2.24, 2.45) is 0 Å². The van der Waals surface area contributed by atoms with Gasteiger partial charge in [-0.3, -0.25) is 4.79 Å². The zero-order valence-electron chi connectivity index (χ0n) is 9.86. The molecular formula is C11H9F6NOS. The maximum Gasteiger partial charge on any atom is 0.397 e. The third-order valence-electron chi connectivity index (χ3n) is 2.07. The van der Waals surface area contributed by atoms with Crippen LogP contribution >= 0.6 is 11.8 Å². The van der Waals surface area contributed by atoms with Gasteiger partial charge in [-0.05, 0) is 12.1 Å². The van der Waals surface area contributed by atoms with Gasteiger partial charge in [0.1, 0.15) is 11.4 Å². The Balaban J connectivity index is 2.50. The molecule has 0 radical (unpaired) electrons. The molecule has 0 aliphatic carbocycles. The highest BCUT2D eigenvalue weighted by atomic mass is 32.2. The molecule has 0 atom stereocenters. The lowest BCUT2D eigenvalue weighted by atomic mass is 10.2. The van der Waals surface area contributed by atoms with Crippen LogP contribution in [0.3, 0.4) is 0 Å². The number of hydrogen-bond acceptors (Lipinski definition) is 2. The molecule has 0 aliphatic rings. The van der Waals surface area contributed by atoms with E-state index in [1.54, 1.807) is 0 Å². The predicted octanol–water partition coefficient (Wildman–Crippen LogP) is 3.13. The van der Waals surface area contributed by atoms with Crippen LogP contribution in [0.4, 0.5) is 26.3 Å². The molecular weight excluding hydrogens is 308 g/mol. The molecule has 2 nitrogen and oxygen atoms in total. The van der Waals surface area contributed by atoms with Crippen molar-refractivity contribution >= 4 is 17.7 Å². The van der Waals surface area contributed by atoms with E-state index in [1.165, 1.54) is 0 Å². The lowest BCUT2D eigenvalue weighted by molar-refractivity contribution is -0.105. The number of carbonyl (C=O) groups is 1. The Morgan fingerprint density at radius 2 is 1.75 bits per heavy atom. The van der Waals surface area contributed by atoms with Crippen LogP contribution in [0.25, 0.3) is 0 Å². The van der Waals surface area contributed by atoms with Gasteiger partial charge in [0.15, 0.2) is 11.6 Å². The third-order valence-corrected chi connectivity index (χ3v) is 3.09. The van der Waals surface area contributed by atoms with Crippen LogP contribution < -0.4 is 5.32 Å². The minimum absolute atomic E-state index is 0.0934. The molecule has 1 amide bonds. The van der Waals surface area contributed by atoms with Gasteiger partial charge in [-0.15, -0.1) is 0 Å². The van der Waals surface area contributed by atoms with Crippen LogP contribution in [0.1, 0.15) is 10.4 Å². The average Bonchev–Trinajstić information content (AvgIpc) is 2.32. The van der Waals surface area contributed by atoms with E-state index < -0.39 is 40.9 Å². The summed E-state index contributed by atoms with van der Waals surface area (Å²) >= 11 is 0.508. The zero-order valence-corrected chi connectivity index (χ0v) is 10.7. The second kappa shape index (κ2) is 6.87. The van der Waals surface area contributed by atoms with Crippen molar-refractivity contribution in [2.75, 3.05) is 18.1 Å². The van der Waals surface area contributed by atoms with Crippen molar-refractivity contribution < 1.29 is 31.1 Å². The first kappa shape index (κ1) is 16.7. The largest absolute Gasteiger partial charge is 0.397 e. The van der Waals surface area contributed by atoms with E-state index in [-0.39, 0.29) is 12.3 Å². The minimum atomic E-state index is -4.32. The SMILES string of the molecule is O=C(NCCSCC(F)(F)F)c1c(F)ccc(F)c1F. The second-order valence-corrected chi connectivity index (χ2v) is 4.75. The maximum atomic E-state index is 13.2. The maximum absolute atomic E-state index is 13.2. The highest BCUT2D eigenvalue weighted by Gasteiger charge is 2.26. The number of benzene rings is 1. The number of amides is 1. The van der Waals surface area contributed by atoms with E-state index in [0.717, 1.165) is 0 Å². The van der Waals surface area contributed by atoms with Crippen LogP contribution in [0.15, 0.2) is 12.1 Å². The number of hydrogen-bond donors (Lipinski definition) is 1. The van der Waals surface area contributed by atoms with E-state index >= 15 is 0 Å². The van der Waals surface area contributed by atoms with Gasteiger partial charge in [-0.2, -0.15) is 24.9 Å². The fraction of sp³-hybridized carbons (Fsp3) is 0.364. The number of halogens is 6. The smallest absolute Gasteiger partial charge is 0.351 e. The second-order valence-electron chi connectivity index (χ2n) is 3.64. The topological polar surface area (TPSA) is 29.1 Å². The van der Waals surface area contributed by atoms with Gasteiger partial charge in [0, 0.05) is 12.3 Å². The molecule has 0 heterocycles. The van der Waals surface area contributed by atoms with Crippen molar-refractivity contribution in [3.8, 4) is 0 Å². The molecule has 0 aromatic heterocycles. The highest BCUT2D eigenvalue weighted by molar-refractivity contribution is 7.99. The molecule has 0 spiro atoms. The predicted molar refractivity (Wildman–Crippen MR) is 62.0 cm³/mol. The quantitative estimate of drug-likeness (QED) is 0.513. The van der Waals surface area contributed by atoms with Gasteiger partial charge in [-0.1, -0.05) is 0 Å². The molecule has 1 rings (SSSR count). The molecule has 0 unspecified atom stereocenters. The average molecular weight is 317 g/mol. The molecule has 112 valence electrons. The van der Waals surface area contributed by atoms with Crippen LogP contribution in [-0.4, -0.2) is 30.1 Å². The Morgan fingerprint density at radius 1 is 1.15 bits per heavy atom. The fourth-order valence-corrected chi connectivity index (χ4v) is 1.87. The molecule has 9 heteroatoms. The standard InChI is InChI=1S/C11H9F6NOS/c12-6-1-2-7(13)9(14)8(6)10(19)18-3-4-20-5-11(15,16)17/h1-2H,3-5H2,(H,18,19). The molecule has 0 bridgehead atoms. The van der Waals surface area contributed by atoms with E-state index in [0.29, 0.717) is 23.9 Å². The van der Waals surface area contributed by atoms with E-state index in [2.05, 4.69) is 0 Å². The number of rotatable bonds is 5. The van der Waals surface area contributed by atoms with Gasteiger partial charge >= 0.3 is 6.18 Å². The number of thioether (sulfide) groups is 1. The Morgan fingerprint density at radius 3 is 2.35 bits per heavy atom. The van der Waals surface area contributed by atoms with E-state index in [4.69, 9.17) is 0 Å². The minimum Gasteiger partial charge on any atom is -0.351 e. The van der Waals surface area contributed by atoms with Gasteiger partial charge in [0.25, 0.3) is 5.91 Å². The molecule has 1 aromatic rings. The van der Waals surface area contributed by atoms with Gasteiger partial charge in [0.05, 0.1) is 5.75 Å². The van der Waals surface area contributed by atoms with Crippen molar-refractivity contribution in [3.05, 3.63) is 35.1 Å². The molecule has 1 N–H and O–H groups in total. The van der Waals surface area contributed by atoms with Crippen molar-refractivity contribution in [2.45, 2.75) is 6.18 Å². The Bertz CT molecular complexity index is 491. The number of alkyl halides is 3. The molecule has 0 aliphatic heterocycles. The molecule has 1 aromatic carbocycles. The Labute approximate surface area is 114 Å². The molecule has 0 fully saturated rings. The lowest BCUT2D eigenvalue weighted by Crippen LogP contribution is -2.28. The first-order valence-corrected chi connectivity index (χ1v) is 6.44. The summed E-state index contributed by atoms with van der Waals surface area (Å²) in [6.45, 7) is -0.227. The van der Waals surface area contributed by atoms with Gasteiger partial charge < -0.3 is 5.32 Å². The van der Waals surface area contributed by atoms with Crippen LogP contribution in [0.5, 0.6) is 0 Å². The number of carbonyl (C=O) groups excluding carboxylic acids is 1. The van der Waals surface area contributed by atoms with E-state index in [9.17, 15) is 31.1 Å². The fourth-order valence-electron chi connectivity index (χ4n) is 1.25. The summed E-state index contributed by atoms with van der Waals surface area (Å²) in [5, 5.41) is 2.02. The summed E-state index contributed by atoms with van der Waals surface area (Å²) < 4.78 is 74.7. The van der Waals surface area contributed by atoms with Gasteiger partial charge in [-0.25, -0.2) is 13.2 Å². The van der Waals surface area contributed by atoms with Crippen molar-refractivity contribution in [1.82, 2.24) is 5.32 Å². The Hall–Kier alpha value is -1.38. The summed E-state index contributed by atoms with van der Waals surface area (Å²) in [5.41, 5.74) is -1.09. The lowest BCUT2D eigenvalue weighted by Gasteiger charge is -2.08. The van der Waals surface area contributed by atoms with Crippen LogP contribution in [0, 0.1) is 17.5 Å². The summed E-state index contributed by atoms with van der Waals surface area (Å²) in [6.07, 6.45) is -4.32. The normalized spacial score (nSPS) is 11.5. The number of nitrogens with one attached hydrogen (secondary N) is 1. The monoisotopic (exact) mass is 317 g/mol. The zero-order chi connectivity index (χ0) is 15.3. The third kappa shape index (κ3) is 4.95. The summed E-state index contributed by atoms with van der Waals surface area (Å²) in [5.74, 6) is -6.67. The van der Waals surface area contributed by atoms with Gasteiger partial charge in [0.2, 0.25) is 0 Å². The molecule has 20 heavy (non-hydrogen) atoms. The van der Waals surface area contributed by atoms with Crippen LogP contribution in [0.2, 0.25) is 0 Å². The first-order valence-electron chi connectivity index (χ1n) is 5.28. The Kier molecular flexibility index (Phi) is 5.73. The molecule has 0 saturated carbocycles. The summed E-state index contributed by atoms with van der Waals surface area (Å²) in [6, 6.07) is 1.12. The summed E-state index contributed by atoms with van der Waals surface area (Å²) in [4.78, 5) is 11.4. The van der Waals surface area contributed by atoms with Crippen LogP contribution in [-0.2, 0) is 0 Å². The first-order chi connectivity index (χ1) is 9.22. The van der Waals surface area contributed by atoms with Crippen molar-refractivity contribution in [3.63, 3.8) is 0 Å². The van der Waals surface area contributed by atoms with Crippen molar-refractivity contribution in [1.29, 1.82) is 0 Å². The van der Waals surface area contributed by atoms with E-state index in [1.807, 2.05) is 5.32 Å². The molecule has 0 saturated heterocycles. The highest BCUT2D eigenvalue weighted by Crippen LogP contribution is 2.20. The summed E-state index contributed by atoms with van der Waals surface area (Å²) in [7, 11) is 0.